The van der Waals surface area contributed by atoms with Gasteiger partial charge in [-0.05, 0) is 58.8 Å². The first kappa shape index (κ1) is 17.4. The molecule has 2 aromatic heterocycles. The molecule has 1 amide bonds. The summed E-state index contributed by atoms with van der Waals surface area (Å²) in [6, 6.07) is 7.39. The van der Waals surface area contributed by atoms with Crippen LogP contribution in [0.5, 0.6) is 0 Å². The van der Waals surface area contributed by atoms with Gasteiger partial charge in [-0.25, -0.2) is 4.98 Å². The Balaban J connectivity index is 1.63. The van der Waals surface area contributed by atoms with Crippen LogP contribution in [0.25, 0.3) is 10.2 Å². The van der Waals surface area contributed by atoms with E-state index in [1.807, 2.05) is 24.3 Å². The van der Waals surface area contributed by atoms with Gasteiger partial charge in [-0.3, -0.25) is 14.2 Å². The van der Waals surface area contributed by atoms with Crippen LogP contribution in [-0.2, 0) is 24.2 Å². The number of hydrogen-bond donors (Lipinski definition) is 1. The van der Waals surface area contributed by atoms with Gasteiger partial charge in [-0.15, -0.1) is 11.3 Å². The van der Waals surface area contributed by atoms with E-state index >= 15 is 0 Å². The molecule has 2 heterocycles. The van der Waals surface area contributed by atoms with Crippen LogP contribution in [0, 0.1) is 5.92 Å². The summed E-state index contributed by atoms with van der Waals surface area (Å²) in [5.74, 6) is 0.394. The van der Waals surface area contributed by atoms with E-state index in [1.54, 1.807) is 11.3 Å². The lowest BCUT2D eigenvalue weighted by Gasteiger charge is -2.17. The van der Waals surface area contributed by atoms with Crippen molar-refractivity contribution in [2.24, 2.45) is 5.92 Å². The third-order valence-electron chi connectivity index (χ3n) is 4.74. The average molecular weight is 432 g/mol. The van der Waals surface area contributed by atoms with E-state index in [0.717, 1.165) is 34.1 Å². The Morgan fingerprint density at radius 3 is 3.04 bits per heavy atom. The van der Waals surface area contributed by atoms with Crippen molar-refractivity contribution in [3.8, 4) is 0 Å². The van der Waals surface area contributed by atoms with Crippen molar-refractivity contribution in [2.75, 3.05) is 5.32 Å². The topological polar surface area (TPSA) is 64.0 Å². The Bertz CT molecular complexity index is 1060. The lowest BCUT2D eigenvalue weighted by molar-refractivity contribution is -0.116. The molecule has 0 bridgehead atoms. The number of aryl methyl sites for hydroxylation is 1. The number of aromatic nitrogens is 2. The first-order chi connectivity index (χ1) is 12.5. The summed E-state index contributed by atoms with van der Waals surface area (Å²) in [7, 11) is 0. The first-order valence-corrected chi connectivity index (χ1v) is 10.2. The molecular formula is C19H18BrN3O2S. The zero-order chi connectivity index (χ0) is 18.3. The molecule has 0 saturated heterocycles. The lowest BCUT2D eigenvalue weighted by Crippen LogP contribution is -2.28. The van der Waals surface area contributed by atoms with Gasteiger partial charge in [0, 0.05) is 9.35 Å². The number of nitrogens with one attached hydrogen (secondary N) is 1. The number of halogens is 1. The number of benzene rings is 1. The second-order valence-electron chi connectivity index (χ2n) is 6.74. The molecule has 7 heteroatoms. The van der Waals surface area contributed by atoms with Crippen molar-refractivity contribution in [3.63, 3.8) is 0 Å². The molecule has 1 aliphatic carbocycles. The van der Waals surface area contributed by atoms with E-state index in [1.165, 1.54) is 15.8 Å². The summed E-state index contributed by atoms with van der Waals surface area (Å²) in [6.07, 6.45) is 4.50. The van der Waals surface area contributed by atoms with E-state index in [9.17, 15) is 9.59 Å². The number of para-hydroxylation sites is 1. The van der Waals surface area contributed by atoms with E-state index in [-0.39, 0.29) is 18.0 Å². The fourth-order valence-electron chi connectivity index (χ4n) is 3.39. The van der Waals surface area contributed by atoms with Gasteiger partial charge in [0.1, 0.15) is 11.4 Å². The van der Waals surface area contributed by atoms with Crippen molar-refractivity contribution < 1.29 is 4.79 Å². The monoisotopic (exact) mass is 431 g/mol. The first-order valence-electron chi connectivity index (χ1n) is 8.57. The number of fused-ring (bicyclic) bond motifs is 3. The number of hydrogen-bond acceptors (Lipinski definition) is 4. The Labute approximate surface area is 163 Å². The number of amides is 1. The molecule has 5 nitrogen and oxygen atoms in total. The van der Waals surface area contributed by atoms with Crippen molar-refractivity contribution in [2.45, 2.75) is 32.7 Å². The summed E-state index contributed by atoms with van der Waals surface area (Å²) in [6.45, 7) is 2.19. The Hall–Kier alpha value is -1.99. The maximum atomic E-state index is 12.9. The second-order valence-corrected chi connectivity index (χ2v) is 8.68. The van der Waals surface area contributed by atoms with E-state index in [4.69, 9.17) is 0 Å². The number of anilines is 1. The number of thiophene rings is 1. The van der Waals surface area contributed by atoms with Crippen molar-refractivity contribution in [1.29, 1.82) is 0 Å². The molecule has 4 rings (SSSR count). The Morgan fingerprint density at radius 2 is 2.23 bits per heavy atom. The standard InChI is InChI=1S/C19H18BrN3O2S/c1-11-6-7-12-15(8-11)26-18-17(12)19(25)23(10-21-18)9-16(24)22-14-5-3-2-4-13(14)20/h2-5,10-11H,6-9H2,1H3,(H,22,24)/t11-/m1/s1. The molecule has 0 aliphatic heterocycles. The van der Waals surface area contributed by atoms with Crippen LogP contribution in [0.3, 0.4) is 0 Å². The molecule has 134 valence electrons. The molecule has 1 N–H and O–H groups in total. The molecule has 0 fully saturated rings. The van der Waals surface area contributed by atoms with Crippen LogP contribution in [0.4, 0.5) is 5.69 Å². The van der Waals surface area contributed by atoms with Crippen molar-refractivity contribution in [1.82, 2.24) is 9.55 Å². The zero-order valence-electron chi connectivity index (χ0n) is 14.3. The van der Waals surface area contributed by atoms with Gasteiger partial charge in [0.05, 0.1) is 17.4 Å². The highest BCUT2D eigenvalue weighted by molar-refractivity contribution is 9.10. The molecule has 0 radical (unpaired) electrons. The summed E-state index contributed by atoms with van der Waals surface area (Å²) < 4.78 is 2.20. The molecule has 0 unspecified atom stereocenters. The van der Waals surface area contributed by atoms with Crippen molar-refractivity contribution in [3.05, 3.63) is 55.9 Å². The van der Waals surface area contributed by atoms with E-state index < -0.39 is 0 Å². The predicted octanol–water partition coefficient (Wildman–Crippen LogP) is 3.98. The minimum absolute atomic E-state index is 0.0515. The summed E-state index contributed by atoms with van der Waals surface area (Å²) in [5, 5.41) is 3.53. The van der Waals surface area contributed by atoms with Gasteiger partial charge in [0.25, 0.3) is 5.56 Å². The minimum Gasteiger partial charge on any atom is -0.324 e. The van der Waals surface area contributed by atoms with Crippen LogP contribution in [0.2, 0.25) is 0 Å². The normalized spacial score (nSPS) is 16.5. The summed E-state index contributed by atoms with van der Waals surface area (Å²) in [5.41, 5.74) is 1.70. The third kappa shape index (κ3) is 3.21. The van der Waals surface area contributed by atoms with Crippen LogP contribution in [0.1, 0.15) is 23.8 Å². The number of carbonyl (C=O) groups excluding carboxylic acids is 1. The highest BCUT2D eigenvalue weighted by Gasteiger charge is 2.23. The molecule has 1 aromatic carbocycles. The third-order valence-corrected chi connectivity index (χ3v) is 6.60. The van der Waals surface area contributed by atoms with Gasteiger partial charge in [-0.1, -0.05) is 19.1 Å². The SMILES string of the molecule is C[C@@H]1CCc2c(sc3ncn(CC(=O)Nc4ccccc4Br)c(=O)c23)C1. The second kappa shape index (κ2) is 6.96. The minimum atomic E-state index is -0.252. The molecule has 3 aromatic rings. The number of nitrogens with zero attached hydrogens (tertiary/aromatic N) is 2. The van der Waals surface area contributed by atoms with Crippen LogP contribution < -0.4 is 10.9 Å². The van der Waals surface area contributed by atoms with Gasteiger partial charge in [0.15, 0.2) is 0 Å². The largest absolute Gasteiger partial charge is 0.324 e. The van der Waals surface area contributed by atoms with Gasteiger partial charge < -0.3 is 5.32 Å². The van der Waals surface area contributed by atoms with Gasteiger partial charge in [0.2, 0.25) is 5.91 Å². The van der Waals surface area contributed by atoms with Gasteiger partial charge in [-0.2, -0.15) is 0 Å². The van der Waals surface area contributed by atoms with E-state index in [0.29, 0.717) is 17.0 Å². The molecule has 1 aliphatic rings. The van der Waals surface area contributed by atoms with Crippen LogP contribution in [0.15, 0.2) is 39.9 Å². The summed E-state index contributed by atoms with van der Waals surface area (Å²) in [4.78, 5) is 31.8. The molecule has 1 atom stereocenters. The fourth-order valence-corrected chi connectivity index (χ4v) is 5.11. The average Bonchev–Trinajstić information content (AvgIpc) is 2.97. The van der Waals surface area contributed by atoms with Crippen molar-refractivity contribution >= 4 is 49.1 Å². The lowest BCUT2D eigenvalue weighted by atomic mass is 9.89. The molecule has 0 saturated carbocycles. The highest BCUT2D eigenvalue weighted by atomic mass is 79.9. The fraction of sp³-hybridized carbons (Fsp3) is 0.316. The quantitative estimate of drug-likeness (QED) is 0.681. The molecular weight excluding hydrogens is 414 g/mol. The predicted molar refractivity (Wildman–Crippen MR) is 108 cm³/mol. The van der Waals surface area contributed by atoms with Gasteiger partial charge >= 0.3 is 0 Å². The Kier molecular flexibility index (Phi) is 4.67. The molecule has 0 spiro atoms. The number of carbonyl (C=O) groups is 1. The Morgan fingerprint density at radius 1 is 1.42 bits per heavy atom. The maximum absolute atomic E-state index is 12.9. The molecule has 26 heavy (non-hydrogen) atoms. The number of rotatable bonds is 3. The maximum Gasteiger partial charge on any atom is 0.262 e. The zero-order valence-corrected chi connectivity index (χ0v) is 16.7. The summed E-state index contributed by atoms with van der Waals surface area (Å²) >= 11 is 5.02. The van der Waals surface area contributed by atoms with E-state index in [2.05, 4.69) is 33.2 Å². The highest BCUT2D eigenvalue weighted by Crippen LogP contribution is 2.35. The van der Waals surface area contributed by atoms with Crippen LogP contribution in [-0.4, -0.2) is 15.5 Å². The van der Waals surface area contributed by atoms with Crippen LogP contribution >= 0.6 is 27.3 Å². The smallest absolute Gasteiger partial charge is 0.262 e.